The minimum Gasteiger partial charge on any atom is -0.342 e. The monoisotopic (exact) mass is 307 g/mol. The van der Waals surface area contributed by atoms with Crippen LogP contribution in [0.5, 0.6) is 0 Å². The van der Waals surface area contributed by atoms with Crippen LogP contribution in [0, 0.1) is 0 Å². The first-order valence-electron chi connectivity index (χ1n) is 5.76. The number of hydrogen-bond acceptors (Lipinski definition) is 5. The van der Waals surface area contributed by atoms with Crippen molar-refractivity contribution >= 4 is 33.8 Å². The molecule has 102 valence electrons. The third kappa shape index (κ3) is 2.04. The lowest BCUT2D eigenvalue weighted by molar-refractivity contribution is 0.0813. The molecule has 0 saturated heterocycles. The van der Waals surface area contributed by atoms with Crippen molar-refractivity contribution in [1.82, 2.24) is 24.7 Å². The maximum absolute atomic E-state index is 12.0. The minimum absolute atomic E-state index is 0.194. The second-order valence-corrected chi connectivity index (χ2v) is 5.67. The highest BCUT2D eigenvalue weighted by Crippen LogP contribution is 2.30. The average Bonchev–Trinajstić information content (AvgIpc) is 2.98. The van der Waals surface area contributed by atoms with Crippen LogP contribution < -0.4 is 0 Å². The fraction of sp³-hybridized carbons (Fsp3) is 0.167. The summed E-state index contributed by atoms with van der Waals surface area (Å²) < 4.78 is 1.45. The van der Waals surface area contributed by atoms with Crippen molar-refractivity contribution in [3.63, 3.8) is 0 Å². The molecular formula is C12H10ClN5OS. The Kier molecular flexibility index (Phi) is 3.15. The molecule has 0 saturated carbocycles. The van der Waals surface area contributed by atoms with Gasteiger partial charge in [0, 0.05) is 19.7 Å². The molecule has 1 amide bonds. The summed E-state index contributed by atoms with van der Waals surface area (Å²) in [5, 5.41) is 13.5. The van der Waals surface area contributed by atoms with E-state index < -0.39 is 0 Å². The molecule has 2 aromatic heterocycles. The van der Waals surface area contributed by atoms with Crippen LogP contribution in [0.15, 0.2) is 24.3 Å². The van der Waals surface area contributed by atoms with Gasteiger partial charge in [0.2, 0.25) is 10.8 Å². The van der Waals surface area contributed by atoms with Crippen LogP contribution in [0.4, 0.5) is 0 Å². The number of halogens is 1. The molecule has 3 aromatic rings. The predicted octanol–water partition coefficient (Wildman–Crippen LogP) is 2.21. The lowest BCUT2D eigenvalue weighted by Crippen LogP contribution is -2.24. The summed E-state index contributed by atoms with van der Waals surface area (Å²) >= 11 is 7.49. The fourth-order valence-electron chi connectivity index (χ4n) is 1.69. The quantitative estimate of drug-likeness (QED) is 0.728. The van der Waals surface area contributed by atoms with E-state index in [9.17, 15) is 4.79 Å². The molecule has 8 heteroatoms. The number of carbonyl (C=O) groups excluding carboxylic acids is 1. The van der Waals surface area contributed by atoms with E-state index in [2.05, 4.69) is 15.3 Å². The molecule has 0 N–H and O–H groups in total. The van der Waals surface area contributed by atoms with E-state index in [4.69, 9.17) is 11.6 Å². The summed E-state index contributed by atoms with van der Waals surface area (Å²) in [4.78, 5) is 14.0. The van der Waals surface area contributed by atoms with Crippen molar-refractivity contribution in [2.75, 3.05) is 14.1 Å². The summed E-state index contributed by atoms with van der Waals surface area (Å²) in [6.45, 7) is 0. The zero-order chi connectivity index (χ0) is 14.3. The van der Waals surface area contributed by atoms with Crippen LogP contribution in [0.1, 0.15) is 10.6 Å². The molecule has 1 aromatic carbocycles. The minimum atomic E-state index is -0.242. The molecule has 0 aliphatic rings. The number of aromatic nitrogens is 4. The van der Waals surface area contributed by atoms with Crippen molar-refractivity contribution in [2.24, 2.45) is 0 Å². The van der Waals surface area contributed by atoms with E-state index >= 15 is 0 Å². The highest BCUT2D eigenvalue weighted by atomic mass is 35.5. The van der Waals surface area contributed by atoms with Gasteiger partial charge in [-0.3, -0.25) is 4.79 Å². The maximum atomic E-state index is 12.0. The molecule has 0 radical (unpaired) electrons. The number of hydrogen-bond donors (Lipinski definition) is 0. The molecule has 0 aliphatic heterocycles. The number of benzene rings is 1. The zero-order valence-corrected chi connectivity index (χ0v) is 12.3. The van der Waals surface area contributed by atoms with Crippen molar-refractivity contribution < 1.29 is 4.79 Å². The third-order valence-corrected chi connectivity index (χ3v) is 3.95. The summed E-state index contributed by atoms with van der Waals surface area (Å²) in [7, 11) is 3.31. The van der Waals surface area contributed by atoms with Crippen LogP contribution in [0.2, 0.25) is 5.02 Å². The first-order chi connectivity index (χ1) is 9.58. The van der Waals surface area contributed by atoms with Crippen LogP contribution in [-0.2, 0) is 0 Å². The van der Waals surface area contributed by atoms with Gasteiger partial charge in [-0.1, -0.05) is 41.1 Å². The zero-order valence-electron chi connectivity index (χ0n) is 10.7. The molecule has 20 heavy (non-hydrogen) atoms. The van der Waals surface area contributed by atoms with Gasteiger partial charge < -0.3 is 4.90 Å². The Morgan fingerprint density at radius 2 is 2.05 bits per heavy atom. The number of nitrogens with zero attached hydrogens (tertiary/aromatic N) is 5. The van der Waals surface area contributed by atoms with Crippen LogP contribution >= 0.6 is 22.9 Å². The van der Waals surface area contributed by atoms with Gasteiger partial charge >= 0.3 is 0 Å². The first kappa shape index (κ1) is 13.0. The van der Waals surface area contributed by atoms with E-state index in [-0.39, 0.29) is 11.7 Å². The molecule has 0 unspecified atom stereocenters. The van der Waals surface area contributed by atoms with Gasteiger partial charge in [0.25, 0.3) is 5.91 Å². The number of fused-ring (bicyclic) bond motifs is 1. The van der Waals surface area contributed by atoms with Crippen molar-refractivity contribution in [3.8, 4) is 10.6 Å². The van der Waals surface area contributed by atoms with Gasteiger partial charge in [0.1, 0.15) is 5.01 Å². The Morgan fingerprint density at radius 3 is 2.75 bits per heavy atom. The SMILES string of the molecule is CN(C)C(=O)c1nnc2sc(-c3ccccc3Cl)nn12. The summed E-state index contributed by atoms with van der Waals surface area (Å²) in [6.07, 6.45) is 0. The Hall–Kier alpha value is -1.99. The van der Waals surface area contributed by atoms with Gasteiger partial charge in [0.05, 0.1) is 5.02 Å². The molecule has 0 atom stereocenters. The van der Waals surface area contributed by atoms with Crippen LogP contribution in [-0.4, -0.2) is 44.7 Å². The molecule has 0 aliphatic carbocycles. The molecule has 6 nitrogen and oxygen atoms in total. The van der Waals surface area contributed by atoms with Crippen molar-refractivity contribution in [1.29, 1.82) is 0 Å². The molecule has 2 heterocycles. The smallest absolute Gasteiger partial charge is 0.293 e. The highest BCUT2D eigenvalue weighted by molar-refractivity contribution is 7.19. The van der Waals surface area contributed by atoms with E-state index in [0.717, 1.165) is 5.56 Å². The van der Waals surface area contributed by atoms with Crippen LogP contribution in [0.25, 0.3) is 15.5 Å². The van der Waals surface area contributed by atoms with Gasteiger partial charge in [0.15, 0.2) is 0 Å². The topological polar surface area (TPSA) is 63.4 Å². The second kappa shape index (κ2) is 4.84. The summed E-state index contributed by atoms with van der Waals surface area (Å²) in [5.74, 6) is -0.0481. The Morgan fingerprint density at radius 1 is 1.30 bits per heavy atom. The molecule has 3 rings (SSSR count). The Balaban J connectivity index is 2.13. The van der Waals surface area contributed by atoms with Crippen molar-refractivity contribution in [3.05, 3.63) is 35.1 Å². The Labute approximate surface area is 123 Å². The van der Waals surface area contributed by atoms with Crippen molar-refractivity contribution in [2.45, 2.75) is 0 Å². The lowest BCUT2D eigenvalue weighted by Gasteiger charge is -2.06. The normalized spacial score (nSPS) is 10.9. The van der Waals surface area contributed by atoms with Crippen LogP contribution in [0.3, 0.4) is 0 Å². The largest absolute Gasteiger partial charge is 0.342 e. The molecule has 0 fully saturated rings. The fourth-order valence-corrected chi connectivity index (χ4v) is 2.85. The van der Waals surface area contributed by atoms with E-state index in [1.807, 2.05) is 18.2 Å². The highest BCUT2D eigenvalue weighted by Gasteiger charge is 2.20. The lowest BCUT2D eigenvalue weighted by atomic mass is 10.2. The van der Waals surface area contributed by atoms with Gasteiger partial charge in [-0.15, -0.1) is 10.2 Å². The average molecular weight is 308 g/mol. The summed E-state index contributed by atoms with van der Waals surface area (Å²) in [6, 6.07) is 7.41. The third-order valence-electron chi connectivity index (χ3n) is 2.69. The van der Waals surface area contributed by atoms with E-state index in [0.29, 0.717) is 15.0 Å². The second-order valence-electron chi connectivity index (χ2n) is 4.30. The first-order valence-corrected chi connectivity index (χ1v) is 6.96. The molecular weight excluding hydrogens is 298 g/mol. The standard InChI is InChI=1S/C12H10ClN5OS/c1-17(2)11(19)9-14-15-12-18(9)16-10(20-12)7-5-3-4-6-8(7)13/h3-6H,1-2H3. The van der Waals surface area contributed by atoms with Gasteiger partial charge in [-0.2, -0.15) is 9.61 Å². The Bertz CT molecular complexity index is 794. The van der Waals surface area contributed by atoms with E-state index in [1.165, 1.54) is 20.8 Å². The predicted molar refractivity (Wildman–Crippen MR) is 77.1 cm³/mol. The number of carbonyl (C=O) groups is 1. The van der Waals surface area contributed by atoms with E-state index in [1.54, 1.807) is 20.2 Å². The maximum Gasteiger partial charge on any atom is 0.293 e. The molecule has 0 bridgehead atoms. The number of amides is 1. The van der Waals surface area contributed by atoms with Gasteiger partial charge in [-0.25, -0.2) is 0 Å². The number of rotatable bonds is 2. The molecule has 0 spiro atoms. The summed E-state index contributed by atoms with van der Waals surface area (Å²) in [5.41, 5.74) is 0.813. The van der Waals surface area contributed by atoms with Gasteiger partial charge in [-0.05, 0) is 6.07 Å².